The summed E-state index contributed by atoms with van der Waals surface area (Å²) in [6.07, 6.45) is 0.595. The molecule has 0 saturated heterocycles. The van der Waals surface area contributed by atoms with Gasteiger partial charge in [-0.3, -0.25) is 9.59 Å². The molecular formula is C15H22N2O5S. The van der Waals surface area contributed by atoms with E-state index in [4.69, 9.17) is 5.11 Å². The largest absolute Gasteiger partial charge is 0.480 e. The van der Waals surface area contributed by atoms with Crippen LogP contribution in [0.2, 0.25) is 0 Å². The average Bonchev–Trinajstić information content (AvgIpc) is 2.49. The van der Waals surface area contributed by atoms with E-state index in [1.54, 1.807) is 12.1 Å². The van der Waals surface area contributed by atoms with Crippen LogP contribution in [0.25, 0.3) is 0 Å². The van der Waals surface area contributed by atoms with Gasteiger partial charge in [-0.1, -0.05) is 24.6 Å². The van der Waals surface area contributed by atoms with Gasteiger partial charge in [0.15, 0.2) is 0 Å². The van der Waals surface area contributed by atoms with E-state index in [-0.39, 0.29) is 23.6 Å². The number of benzene rings is 1. The van der Waals surface area contributed by atoms with Crippen LogP contribution in [0, 0.1) is 6.92 Å². The predicted octanol–water partition coefficient (Wildman–Crippen LogP) is 1.03. The average molecular weight is 342 g/mol. The fraction of sp³-hybridized carbons (Fsp3) is 0.467. The van der Waals surface area contributed by atoms with E-state index in [1.807, 2.05) is 13.8 Å². The fourth-order valence-electron chi connectivity index (χ4n) is 1.83. The first-order valence-electron chi connectivity index (χ1n) is 7.34. The number of carboxylic acid groups (broad SMARTS) is 1. The van der Waals surface area contributed by atoms with Crippen LogP contribution >= 0.6 is 0 Å². The smallest absolute Gasteiger partial charge is 0.321 e. The molecular weight excluding hydrogens is 320 g/mol. The van der Waals surface area contributed by atoms with Gasteiger partial charge in [0.05, 0.1) is 4.90 Å². The van der Waals surface area contributed by atoms with Crippen LogP contribution in [-0.2, 0) is 19.6 Å². The molecule has 1 aromatic rings. The van der Waals surface area contributed by atoms with Crippen LogP contribution in [-0.4, -0.2) is 38.0 Å². The number of carboxylic acids is 1. The Bertz CT molecular complexity index is 640. The summed E-state index contributed by atoms with van der Waals surface area (Å²) < 4.78 is 26.5. The monoisotopic (exact) mass is 342 g/mol. The van der Waals surface area contributed by atoms with Crippen LogP contribution in [0.1, 0.15) is 31.7 Å². The van der Waals surface area contributed by atoms with Crippen LogP contribution < -0.4 is 10.0 Å². The van der Waals surface area contributed by atoms with E-state index in [1.165, 1.54) is 12.1 Å². The molecule has 1 aromatic carbocycles. The second kappa shape index (κ2) is 8.64. The highest BCUT2D eigenvalue weighted by molar-refractivity contribution is 7.89. The summed E-state index contributed by atoms with van der Waals surface area (Å²) in [6.45, 7) is 4.22. The Hall–Kier alpha value is -1.93. The SMILES string of the molecule is CCCNC(=O)CC[C@H](NS(=O)(=O)c1ccc(C)cc1)C(=O)O. The molecule has 0 unspecified atom stereocenters. The number of sulfonamides is 1. The maximum absolute atomic E-state index is 12.2. The number of amides is 1. The van der Waals surface area contributed by atoms with Crippen LogP contribution in [0.5, 0.6) is 0 Å². The van der Waals surface area contributed by atoms with Crippen molar-refractivity contribution in [1.29, 1.82) is 0 Å². The first kappa shape index (κ1) is 19.1. The maximum Gasteiger partial charge on any atom is 0.321 e. The van der Waals surface area contributed by atoms with Crippen LogP contribution in [0.4, 0.5) is 0 Å². The molecule has 0 heterocycles. The second-order valence-electron chi connectivity index (χ2n) is 5.21. The molecule has 1 rings (SSSR count). The molecule has 0 aliphatic carbocycles. The molecule has 0 spiro atoms. The van der Waals surface area contributed by atoms with Gasteiger partial charge in [0.2, 0.25) is 15.9 Å². The Kier molecular flexibility index (Phi) is 7.18. The topological polar surface area (TPSA) is 113 Å². The summed E-state index contributed by atoms with van der Waals surface area (Å²) in [4.78, 5) is 22.7. The number of hydrogen-bond donors (Lipinski definition) is 3. The van der Waals surface area contributed by atoms with Crippen molar-refractivity contribution < 1.29 is 23.1 Å². The number of hydrogen-bond acceptors (Lipinski definition) is 4. The fourth-order valence-corrected chi connectivity index (χ4v) is 3.06. The molecule has 128 valence electrons. The number of carbonyl (C=O) groups excluding carboxylic acids is 1. The van der Waals surface area contributed by atoms with Gasteiger partial charge in [-0.05, 0) is 31.9 Å². The summed E-state index contributed by atoms with van der Waals surface area (Å²) in [5, 5.41) is 11.8. The molecule has 8 heteroatoms. The predicted molar refractivity (Wildman–Crippen MR) is 85.5 cm³/mol. The van der Waals surface area contributed by atoms with Crippen LogP contribution in [0.3, 0.4) is 0 Å². The van der Waals surface area contributed by atoms with Crippen molar-refractivity contribution in [3.8, 4) is 0 Å². The highest BCUT2D eigenvalue weighted by atomic mass is 32.2. The third-order valence-electron chi connectivity index (χ3n) is 3.16. The molecule has 0 aromatic heterocycles. The highest BCUT2D eigenvalue weighted by Gasteiger charge is 2.25. The van der Waals surface area contributed by atoms with Crippen molar-refractivity contribution in [3.63, 3.8) is 0 Å². The Labute approximate surface area is 136 Å². The van der Waals surface area contributed by atoms with Crippen molar-refractivity contribution in [2.24, 2.45) is 0 Å². The van der Waals surface area contributed by atoms with E-state index < -0.39 is 22.0 Å². The normalized spacial score (nSPS) is 12.6. The maximum atomic E-state index is 12.2. The molecule has 7 nitrogen and oxygen atoms in total. The lowest BCUT2D eigenvalue weighted by Gasteiger charge is -2.15. The highest BCUT2D eigenvalue weighted by Crippen LogP contribution is 2.12. The summed E-state index contributed by atoms with van der Waals surface area (Å²) in [7, 11) is -3.95. The van der Waals surface area contributed by atoms with Gasteiger partial charge >= 0.3 is 5.97 Å². The summed E-state index contributed by atoms with van der Waals surface area (Å²) in [5.74, 6) is -1.61. The minimum Gasteiger partial charge on any atom is -0.480 e. The lowest BCUT2D eigenvalue weighted by atomic mass is 10.1. The Morgan fingerprint density at radius 3 is 2.35 bits per heavy atom. The molecule has 0 fully saturated rings. The standard InChI is InChI=1S/C15H22N2O5S/c1-3-10-16-14(18)9-8-13(15(19)20)17-23(21,22)12-6-4-11(2)5-7-12/h4-7,13,17H,3,8-10H2,1-2H3,(H,16,18)(H,19,20)/t13-/m0/s1. The van der Waals surface area contributed by atoms with Gasteiger partial charge in [-0.25, -0.2) is 8.42 Å². The molecule has 0 radical (unpaired) electrons. The zero-order valence-electron chi connectivity index (χ0n) is 13.2. The van der Waals surface area contributed by atoms with Gasteiger partial charge in [0.1, 0.15) is 6.04 Å². The van der Waals surface area contributed by atoms with Crippen LogP contribution in [0.15, 0.2) is 29.2 Å². The van der Waals surface area contributed by atoms with E-state index in [2.05, 4.69) is 10.0 Å². The summed E-state index contributed by atoms with van der Waals surface area (Å²) in [5.41, 5.74) is 0.895. The van der Waals surface area contributed by atoms with Crippen molar-refractivity contribution >= 4 is 21.9 Å². The summed E-state index contributed by atoms with van der Waals surface area (Å²) >= 11 is 0. The quantitative estimate of drug-likeness (QED) is 0.620. The van der Waals surface area contributed by atoms with E-state index in [9.17, 15) is 18.0 Å². The van der Waals surface area contributed by atoms with Gasteiger partial charge in [0, 0.05) is 13.0 Å². The van der Waals surface area contributed by atoms with Crippen molar-refractivity contribution in [2.75, 3.05) is 6.54 Å². The molecule has 0 saturated carbocycles. The zero-order valence-corrected chi connectivity index (χ0v) is 14.0. The Balaban J connectivity index is 2.73. The number of rotatable bonds is 9. The number of carbonyl (C=O) groups is 2. The lowest BCUT2D eigenvalue weighted by molar-refractivity contribution is -0.139. The van der Waals surface area contributed by atoms with E-state index in [0.717, 1.165) is 12.0 Å². The van der Waals surface area contributed by atoms with Crippen molar-refractivity contribution in [1.82, 2.24) is 10.0 Å². The molecule has 0 aliphatic rings. The van der Waals surface area contributed by atoms with Crippen molar-refractivity contribution in [3.05, 3.63) is 29.8 Å². The van der Waals surface area contributed by atoms with E-state index >= 15 is 0 Å². The van der Waals surface area contributed by atoms with Gasteiger partial charge in [-0.2, -0.15) is 4.72 Å². The first-order chi connectivity index (χ1) is 10.8. The molecule has 23 heavy (non-hydrogen) atoms. The third-order valence-corrected chi connectivity index (χ3v) is 4.65. The first-order valence-corrected chi connectivity index (χ1v) is 8.83. The number of aryl methyl sites for hydroxylation is 1. The van der Waals surface area contributed by atoms with E-state index in [0.29, 0.717) is 6.54 Å². The minimum absolute atomic E-state index is 0.00946. The lowest BCUT2D eigenvalue weighted by Crippen LogP contribution is -2.41. The van der Waals surface area contributed by atoms with Gasteiger partial charge in [0.25, 0.3) is 0 Å². The number of nitrogens with one attached hydrogen (secondary N) is 2. The van der Waals surface area contributed by atoms with Gasteiger partial charge < -0.3 is 10.4 Å². The molecule has 1 amide bonds. The Morgan fingerprint density at radius 2 is 1.83 bits per heavy atom. The third kappa shape index (κ3) is 6.37. The number of aliphatic carboxylic acids is 1. The minimum atomic E-state index is -3.95. The zero-order chi connectivity index (χ0) is 17.5. The summed E-state index contributed by atoms with van der Waals surface area (Å²) in [6, 6.07) is 4.72. The molecule has 1 atom stereocenters. The van der Waals surface area contributed by atoms with Gasteiger partial charge in [-0.15, -0.1) is 0 Å². The molecule has 3 N–H and O–H groups in total. The second-order valence-corrected chi connectivity index (χ2v) is 6.93. The van der Waals surface area contributed by atoms with Crippen molar-refractivity contribution in [2.45, 2.75) is 44.0 Å². The molecule has 0 aliphatic heterocycles. The Morgan fingerprint density at radius 1 is 1.22 bits per heavy atom. The molecule has 0 bridgehead atoms.